The number of alkyl halides is 1. The summed E-state index contributed by atoms with van der Waals surface area (Å²) >= 11 is 5.71. The zero-order chi connectivity index (χ0) is 14.5. The molecule has 1 aromatic heterocycles. The molecule has 2 rings (SSSR count). The van der Waals surface area contributed by atoms with E-state index in [2.05, 4.69) is 5.16 Å². The van der Waals surface area contributed by atoms with Gasteiger partial charge in [-0.05, 0) is 18.9 Å². The van der Waals surface area contributed by atoms with Crippen LogP contribution in [0.5, 0.6) is 0 Å². The summed E-state index contributed by atoms with van der Waals surface area (Å²) in [6.45, 7) is 1.44. The Hall–Kier alpha value is -1.49. The van der Waals surface area contributed by atoms with E-state index >= 15 is 0 Å². The lowest BCUT2D eigenvalue weighted by atomic mass is 10.1. The third kappa shape index (κ3) is 2.98. The molecule has 0 radical (unpaired) electrons. The third-order valence-electron chi connectivity index (χ3n) is 3.49. The molecular formula is C14H20ClN3O2. The molecule has 0 spiro atoms. The number of carbonyl (C=O) groups excluding carboxylic acids is 1. The van der Waals surface area contributed by atoms with E-state index in [9.17, 15) is 4.79 Å². The summed E-state index contributed by atoms with van der Waals surface area (Å²) in [7, 11) is 3.35. The van der Waals surface area contributed by atoms with Crippen LogP contribution in [0.4, 0.5) is 0 Å². The van der Waals surface area contributed by atoms with Gasteiger partial charge in [0.2, 0.25) is 0 Å². The maximum atomic E-state index is 12.5. The van der Waals surface area contributed by atoms with Crippen LogP contribution < -0.4 is 0 Å². The summed E-state index contributed by atoms with van der Waals surface area (Å²) in [6, 6.07) is 1.95. The van der Waals surface area contributed by atoms with E-state index in [1.54, 1.807) is 4.90 Å². The van der Waals surface area contributed by atoms with Crippen LogP contribution in [-0.4, -0.2) is 47.7 Å². The molecule has 0 saturated carbocycles. The predicted molar refractivity (Wildman–Crippen MR) is 79.5 cm³/mol. The Labute approximate surface area is 124 Å². The first-order chi connectivity index (χ1) is 9.69. The van der Waals surface area contributed by atoms with Gasteiger partial charge in [-0.25, -0.2) is 0 Å². The lowest BCUT2D eigenvalue weighted by Crippen LogP contribution is -2.28. The molecule has 0 aromatic carbocycles. The molecule has 0 fully saturated rings. The highest BCUT2D eigenvalue weighted by Gasteiger charge is 2.27. The Bertz CT molecular complexity index is 511. The van der Waals surface area contributed by atoms with Crippen molar-refractivity contribution in [3.8, 4) is 0 Å². The van der Waals surface area contributed by atoms with E-state index in [1.165, 1.54) is 7.11 Å². The van der Waals surface area contributed by atoms with Crippen LogP contribution in [0.25, 0.3) is 0 Å². The minimum absolute atomic E-state index is 0.0391. The highest BCUT2D eigenvalue weighted by Crippen LogP contribution is 2.21. The number of nitrogens with zero attached hydrogens (tertiary/aromatic N) is 3. The Morgan fingerprint density at radius 3 is 2.95 bits per heavy atom. The van der Waals surface area contributed by atoms with Crippen molar-refractivity contribution in [3.63, 3.8) is 0 Å². The standard InChI is InChI=1S/C14H20ClN3O2/c1-17-9-6-12(16-20-2)11-5-10-18(8-4-3-7-15)13(11)14(17)19/h5,10H,3-4,6-9H2,1-2H3/b16-12+. The highest BCUT2D eigenvalue weighted by atomic mass is 35.5. The minimum atomic E-state index is 0.0391. The lowest BCUT2D eigenvalue weighted by molar-refractivity contribution is 0.0791. The largest absolute Gasteiger partial charge is 0.399 e. The molecule has 5 nitrogen and oxygen atoms in total. The van der Waals surface area contributed by atoms with Gasteiger partial charge in [-0.2, -0.15) is 0 Å². The highest BCUT2D eigenvalue weighted by molar-refractivity contribution is 6.17. The maximum Gasteiger partial charge on any atom is 0.270 e. The summed E-state index contributed by atoms with van der Waals surface area (Å²) in [5.41, 5.74) is 2.42. The van der Waals surface area contributed by atoms with Crippen molar-refractivity contribution < 1.29 is 9.63 Å². The number of aromatic nitrogens is 1. The van der Waals surface area contributed by atoms with Gasteiger partial charge in [0.25, 0.3) is 5.91 Å². The van der Waals surface area contributed by atoms with Gasteiger partial charge >= 0.3 is 0 Å². The number of hydrogen-bond donors (Lipinski definition) is 0. The van der Waals surface area contributed by atoms with Crippen LogP contribution in [0.15, 0.2) is 17.4 Å². The Morgan fingerprint density at radius 1 is 1.45 bits per heavy atom. The molecular weight excluding hydrogens is 278 g/mol. The molecule has 20 heavy (non-hydrogen) atoms. The van der Waals surface area contributed by atoms with Gasteiger partial charge in [0.15, 0.2) is 0 Å². The van der Waals surface area contributed by atoms with E-state index in [0.717, 1.165) is 30.7 Å². The van der Waals surface area contributed by atoms with Crippen LogP contribution in [0.2, 0.25) is 0 Å². The number of unbranched alkanes of at least 4 members (excludes halogenated alkanes) is 1. The maximum absolute atomic E-state index is 12.5. The van der Waals surface area contributed by atoms with Crippen molar-refractivity contribution in [2.24, 2.45) is 5.16 Å². The number of carbonyl (C=O) groups is 1. The minimum Gasteiger partial charge on any atom is -0.399 e. The second kappa shape index (κ2) is 6.79. The SMILES string of the molecule is CO/N=C1\CCN(C)C(=O)c2c1ccn2CCCCCl. The fourth-order valence-electron chi connectivity index (χ4n) is 2.40. The number of rotatable bonds is 5. The van der Waals surface area contributed by atoms with E-state index in [-0.39, 0.29) is 5.91 Å². The third-order valence-corrected chi connectivity index (χ3v) is 3.76. The summed E-state index contributed by atoms with van der Waals surface area (Å²) in [4.78, 5) is 19.1. The number of fused-ring (bicyclic) bond motifs is 1. The molecule has 0 N–H and O–H groups in total. The lowest BCUT2D eigenvalue weighted by Gasteiger charge is -2.15. The molecule has 2 heterocycles. The van der Waals surface area contributed by atoms with E-state index in [0.29, 0.717) is 24.5 Å². The quantitative estimate of drug-likeness (QED) is 0.476. The molecule has 0 unspecified atom stereocenters. The summed E-state index contributed by atoms with van der Waals surface area (Å²) in [5, 5.41) is 4.07. The van der Waals surface area contributed by atoms with Crippen LogP contribution in [0, 0.1) is 0 Å². The fourth-order valence-corrected chi connectivity index (χ4v) is 2.59. The Morgan fingerprint density at radius 2 is 2.25 bits per heavy atom. The average Bonchev–Trinajstić information content (AvgIpc) is 2.81. The first kappa shape index (κ1) is 14.9. The van der Waals surface area contributed by atoms with Crippen LogP contribution in [0.1, 0.15) is 35.3 Å². The van der Waals surface area contributed by atoms with Gasteiger partial charge in [-0.3, -0.25) is 4.79 Å². The smallest absolute Gasteiger partial charge is 0.270 e. The topological polar surface area (TPSA) is 46.8 Å². The normalized spacial score (nSPS) is 17.2. The monoisotopic (exact) mass is 297 g/mol. The second-order valence-corrected chi connectivity index (χ2v) is 5.24. The van der Waals surface area contributed by atoms with Gasteiger partial charge in [-0.1, -0.05) is 5.16 Å². The number of oxime groups is 1. The molecule has 6 heteroatoms. The van der Waals surface area contributed by atoms with Crippen molar-refractivity contribution in [3.05, 3.63) is 23.5 Å². The van der Waals surface area contributed by atoms with Gasteiger partial charge < -0.3 is 14.3 Å². The van der Waals surface area contributed by atoms with Crippen molar-refractivity contribution in [2.75, 3.05) is 26.6 Å². The van der Waals surface area contributed by atoms with Crippen LogP contribution in [0.3, 0.4) is 0 Å². The Kier molecular flexibility index (Phi) is 5.06. The van der Waals surface area contributed by atoms with Gasteiger partial charge in [0, 0.05) is 44.2 Å². The van der Waals surface area contributed by atoms with Crippen molar-refractivity contribution >= 4 is 23.2 Å². The average molecular weight is 298 g/mol. The molecule has 0 bridgehead atoms. The number of hydrogen-bond acceptors (Lipinski definition) is 3. The van der Waals surface area contributed by atoms with E-state index in [1.807, 2.05) is 23.9 Å². The first-order valence-corrected chi connectivity index (χ1v) is 7.33. The van der Waals surface area contributed by atoms with Crippen LogP contribution in [-0.2, 0) is 11.4 Å². The first-order valence-electron chi connectivity index (χ1n) is 6.80. The Balaban J connectivity index is 2.35. The molecule has 1 aliphatic rings. The molecule has 0 saturated heterocycles. The molecule has 1 amide bonds. The molecule has 0 aliphatic carbocycles. The number of amides is 1. The van der Waals surface area contributed by atoms with E-state index in [4.69, 9.17) is 16.4 Å². The molecule has 110 valence electrons. The van der Waals surface area contributed by atoms with E-state index < -0.39 is 0 Å². The van der Waals surface area contributed by atoms with Crippen molar-refractivity contribution in [2.45, 2.75) is 25.8 Å². The van der Waals surface area contributed by atoms with Gasteiger partial charge in [0.05, 0.1) is 5.71 Å². The number of halogens is 1. The zero-order valence-corrected chi connectivity index (χ0v) is 12.7. The summed E-state index contributed by atoms with van der Waals surface area (Å²) < 4.78 is 2.00. The molecule has 1 aromatic rings. The second-order valence-electron chi connectivity index (χ2n) is 4.86. The number of aryl methyl sites for hydroxylation is 1. The zero-order valence-electron chi connectivity index (χ0n) is 11.9. The van der Waals surface area contributed by atoms with Crippen LogP contribution >= 0.6 is 11.6 Å². The predicted octanol–water partition coefficient (Wildman–Crippen LogP) is 2.33. The fraction of sp³-hybridized carbons (Fsp3) is 0.571. The molecule has 1 aliphatic heterocycles. The van der Waals surface area contributed by atoms with Gasteiger partial charge in [-0.15, -0.1) is 11.6 Å². The molecule has 0 atom stereocenters. The summed E-state index contributed by atoms with van der Waals surface area (Å²) in [5.74, 6) is 0.686. The summed E-state index contributed by atoms with van der Waals surface area (Å²) in [6.07, 6.45) is 4.55. The van der Waals surface area contributed by atoms with Crippen molar-refractivity contribution in [1.82, 2.24) is 9.47 Å². The van der Waals surface area contributed by atoms with Gasteiger partial charge in [0.1, 0.15) is 12.8 Å². The van der Waals surface area contributed by atoms with Crippen molar-refractivity contribution in [1.29, 1.82) is 0 Å².